The maximum atomic E-state index is 15.2. The van der Waals surface area contributed by atoms with Crippen LogP contribution in [0.15, 0.2) is 47.4 Å². The minimum absolute atomic E-state index is 0.0240. The number of hydrogen-bond donors (Lipinski definition) is 3. The van der Waals surface area contributed by atoms with Gasteiger partial charge in [-0.1, -0.05) is 11.6 Å². The van der Waals surface area contributed by atoms with Crippen molar-refractivity contribution < 1.29 is 23.1 Å². The van der Waals surface area contributed by atoms with Crippen LogP contribution >= 0.6 is 11.6 Å². The van der Waals surface area contributed by atoms with Crippen molar-refractivity contribution in [3.05, 3.63) is 63.7 Å². The monoisotopic (exact) mass is 923 g/mol. The number of alkyl halides is 2. The number of carbonyl (C=O) groups is 2. The highest BCUT2D eigenvalue weighted by atomic mass is 35.5. The number of piperidine rings is 1. The van der Waals surface area contributed by atoms with Crippen LogP contribution in [0.1, 0.15) is 76.8 Å². The van der Waals surface area contributed by atoms with E-state index in [1.807, 2.05) is 23.9 Å². The Morgan fingerprint density at radius 1 is 0.924 bits per heavy atom. The van der Waals surface area contributed by atoms with Crippen LogP contribution in [0.25, 0.3) is 21.8 Å². The third-order valence-electron chi connectivity index (χ3n) is 15.5. The van der Waals surface area contributed by atoms with Gasteiger partial charge in [0.2, 0.25) is 23.5 Å². The van der Waals surface area contributed by atoms with Gasteiger partial charge in [0.15, 0.2) is 12.4 Å². The molecule has 0 bridgehead atoms. The molecule has 3 aromatic heterocycles. The first-order valence-corrected chi connectivity index (χ1v) is 23.7. The van der Waals surface area contributed by atoms with Crippen molar-refractivity contribution in [1.29, 1.82) is 0 Å². The van der Waals surface area contributed by atoms with E-state index in [1.54, 1.807) is 19.3 Å². The molecule has 2 amide bonds. The van der Waals surface area contributed by atoms with E-state index in [4.69, 9.17) is 26.4 Å². The van der Waals surface area contributed by atoms with Gasteiger partial charge in [-0.05, 0) is 107 Å². The number of carbonyl (C=O) groups excluding carboxylic acids is 2. The third kappa shape index (κ3) is 7.59. The average Bonchev–Trinajstić information content (AvgIpc) is 4.08. The highest BCUT2D eigenvalue weighted by Crippen LogP contribution is 2.48. The summed E-state index contributed by atoms with van der Waals surface area (Å²) in [7, 11) is 3.53. The molecule has 15 nitrogen and oxygen atoms in total. The van der Waals surface area contributed by atoms with Crippen molar-refractivity contribution in [3.63, 3.8) is 0 Å². The molecule has 5 aromatic rings. The number of nitrogens with one attached hydrogen (secondary N) is 3. The molecule has 2 unspecified atom stereocenters. The maximum Gasteiger partial charge on any atom is 0.301 e. The Labute approximate surface area is 386 Å². The summed E-state index contributed by atoms with van der Waals surface area (Å²) >= 11 is 6.67. The highest BCUT2D eigenvalue weighted by Gasteiger charge is 2.51. The highest BCUT2D eigenvalue weighted by molar-refractivity contribution is 6.33. The molecule has 11 rings (SSSR count). The molecule has 5 fully saturated rings. The van der Waals surface area contributed by atoms with Crippen LogP contribution < -0.4 is 36.0 Å². The van der Waals surface area contributed by atoms with Crippen LogP contribution in [-0.4, -0.2) is 104 Å². The van der Waals surface area contributed by atoms with E-state index < -0.39 is 30.0 Å². The molecular formula is C48H56ClF2N11O4. The van der Waals surface area contributed by atoms with Crippen LogP contribution in [0, 0.1) is 17.3 Å². The van der Waals surface area contributed by atoms with Gasteiger partial charge in [0.05, 0.1) is 40.6 Å². The second-order valence-electron chi connectivity index (χ2n) is 20.5. The van der Waals surface area contributed by atoms with Gasteiger partial charge in [-0.25, -0.2) is 13.8 Å². The number of aryl methyl sites for hydroxylation is 2. The van der Waals surface area contributed by atoms with E-state index >= 15 is 8.78 Å². The number of piperazine rings is 1. The molecule has 2 saturated carbocycles. The molecule has 2 aromatic carbocycles. The molecule has 7 heterocycles. The zero-order chi connectivity index (χ0) is 45.9. The fraction of sp³-hybridized carbons (Fsp3) is 0.542. The summed E-state index contributed by atoms with van der Waals surface area (Å²) in [5.74, 6) is -2.65. The molecule has 0 radical (unpaired) electrons. The Morgan fingerprint density at radius 2 is 1.71 bits per heavy atom. The number of halogens is 3. The van der Waals surface area contributed by atoms with Crippen LogP contribution in [0.2, 0.25) is 5.02 Å². The van der Waals surface area contributed by atoms with Gasteiger partial charge in [-0.2, -0.15) is 10.1 Å². The summed E-state index contributed by atoms with van der Waals surface area (Å²) in [6.07, 6.45) is 8.51. The fourth-order valence-electron chi connectivity index (χ4n) is 11.5. The minimum Gasteiger partial charge on any atom is -0.480 e. The van der Waals surface area contributed by atoms with Gasteiger partial charge < -0.3 is 29.7 Å². The normalized spacial score (nSPS) is 24.1. The van der Waals surface area contributed by atoms with Gasteiger partial charge in [0, 0.05) is 92.9 Å². The smallest absolute Gasteiger partial charge is 0.301 e. The van der Waals surface area contributed by atoms with Crippen LogP contribution in [0.4, 0.5) is 37.6 Å². The zero-order valence-electron chi connectivity index (χ0n) is 37.8. The van der Waals surface area contributed by atoms with Crippen molar-refractivity contribution in [3.8, 4) is 5.75 Å². The lowest BCUT2D eigenvalue weighted by molar-refractivity contribution is -0.134. The van der Waals surface area contributed by atoms with E-state index in [0.717, 1.165) is 74.4 Å². The lowest BCUT2D eigenvalue weighted by atomic mass is 9.66. The molecular weight excluding hydrogens is 868 g/mol. The Kier molecular flexibility index (Phi) is 10.3. The molecule has 4 aliphatic heterocycles. The number of ether oxygens (including phenoxy) is 1. The minimum atomic E-state index is -3.13. The van der Waals surface area contributed by atoms with Crippen molar-refractivity contribution in [1.82, 2.24) is 34.5 Å². The Bertz CT molecular complexity index is 2850. The molecule has 348 valence electrons. The summed E-state index contributed by atoms with van der Waals surface area (Å²) in [5, 5.41) is 15.5. The third-order valence-corrected chi connectivity index (χ3v) is 15.7. The summed E-state index contributed by atoms with van der Waals surface area (Å²) in [5.41, 5.74) is 4.12. The van der Waals surface area contributed by atoms with Crippen LogP contribution in [-0.2, 0) is 23.7 Å². The van der Waals surface area contributed by atoms with Gasteiger partial charge in [-0.3, -0.25) is 29.3 Å². The topological polar surface area (TPSA) is 155 Å². The van der Waals surface area contributed by atoms with Crippen molar-refractivity contribution in [2.75, 3.05) is 66.3 Å². The van der Waals surface area contributed by atoms with Crippen molar-refractivity contribution in [2.24, 2.45) is 31.3 Å². The molecule has 18 heteroatoms. The van der Waals surface area contributed by atoms with Gasteiger partial charge in [0.1, 0.15) is 5.02 Å². The second-order valence-corrected chi connectivity index (χ2v) is 20.9. The first-order chi connectivity index (χ1) is 31.5. The Balaban J connectivity index is 0.711. The predicted molar refractivity (Wildman–Crippen MR) is 250 cm³/mol. The van der Waals surface area contributed by atoms with E-state index in [-0.39, 0.29) is 40.1 Å². The molecule has 2 aliphatic carbocycles. The molecule has 6 aliphatic rings. The number of benzene rings is 2. The number of amides is 2. The number of hydrogen-bond acceptors (Lipinski definition) is 12. The predicted octanol–water partition coefficient (Wildman–Crippen LogP) is 6.95. The van der Waals surface area contributed by atoms with E-state index in [0.29, 0.717) is 65.0 Å². The van der Waals surface area contributed by atoms with Crippen molar-refractivity contribution >= 4 is 74.0 Å². The number of imide groups is 1. The number of aromatic nitrogens is 5. The van der Waals surface area contributed by atoms with Gasteiger partial charge in [0.25, 0.3) is 5.56 Å². The molecule has 3 N–H and O–H groups in total. The maximum absolute atomic E-state index is 15.2. The summed E-state index contributed by atoms with van der Waals surface area (Å²) in [4.78, 5) is 54.6. The Hall–Kier alpha value is -5.55. The molecule has 2 atom stereocenters. The standard InChI is InChI=1S/C48H56ClF2N11O4/c1-46(2)23-60(30-8-9-31-36(20-30)59(4)57-38(31)32-10-12-37(63)54-43(32)64)17-18-62(46)22-27-13-15-47(16-14-27)24-61(25-47)45-52-21-34(49)42(56-45)53-29-7-11-35-33(19-29)39-40(44(65)58(35)3)66-26-48(50,51)41(55-39)28-5-6-28/h7-9,11,19-21,27-28,32,41,55H,5-6,10,12-18,22-26H2,1-4H3,(H,52,53,56)(H,54,63,64). The molecule has 3 saturated heterocycles. The van der Waals surface area contributed by atoms with Crippen LogP contribution in [0.5, 0.6) is 5.75 Å². The van der Waals surface area contributed by atoms with Crippen LogP contribution in [0.3, 0.4) is 0 Å². The number of anilines is 5. The molecule has 66 heavy (non-hydrogen) atoms. The largest absolute Gasteiger partial charge is 0.480 e. The summed E-state index contributed by atoms with van der Waals surface area (Å²) < 4.78 is 39.2. The number of rotatable bonds is 8. The van der Waals surface area contributed by atoms with Gasteiger partial charge >= 0.3 is 5.92 Å². The fourth-order valence-corrected chi connectivity index (χ4v) is 11.6. The number of pyridine rings is 1. The summed E-state index contributed by atoms with van der Waals surface area (Å²) in [6.45, 7) is 9.50. The van der Waals surface area contributed by atoms with E-state index in [1.165, 1.54) is 17.4 Å². The molecule has 1 spiro atoms. The SMILES string of the molecule is Cn1nc(C2CCC(=O)NC2=O)c2ccc(N3CCN(CC4CCC5(CC4)CN(c4ncc(Cl)c(Nc6ccc7c(c6)c6c(c(=O)n7C)OCC(F)(F)C(C7CC7)N6)n4)C5)C(C)(C)C3)cc21. The Morgan fingerprint density at radius 3 is 2.45 bits per heavy atom. The second kappa shape index (κ2) is 15.8. The van der Waals surface area contributed by atoms with E-state index in [9.17, 15) is 14.4 Å². The van der Waals surface area contributed by atoms with Gasteiger partial charge in [-0.15, -0.1) is 0 Å². The number of fused-ring (bicyclic) bond motifs is 4. The number of nitrogens with zero attached hydrogens (tertiary/aromatic N) is 8. The van der Waals surface area contributed by atoms with Crippen molar-refractivity contribution in [2.45, 2.75) is 88.6 Å². The average molecular weight is 924 g/mol. The summed E-state index contributed by atoms with van der Waals surface area (Å²) in [6, 6.07) is 10.7. The zero-order valence-corrected chi connectivity index (χ0v) is 38.6. The first-order valence-electron chi connectivity index (χ1n) is 23.3. The lowest BCUT2D eigenvalue weighted by Crippen LogP contribution is -2.61. The van der Waals surface area contributed by atoms with E-state index in [2.05, 4.69) is 67.7 Å². The first kappa shape index (κ1) is 43.0. The lowest BCUT2D eigenvalue weighted by Gasteiger charge is -2.54. The quantitative estimate of drug-likeness (QED) is 0.138.